The van der Waals surface area contributed by atoms with Crippen LogP contribution in [-0.2, 0) is 0 Å². The molecular weight excluding hydrogens is 212 g/mol. The number of nitrogen functional groups attached to an aromatic ring is 1. The van der Waals surface area contributed by atoms with Crippen molar-refractivity contribution in [2.24, 2.45) is 0 Å². The largest absolute Gasteiger partial charge is 0.492 e. The average molecular weight is 228 g/mol. The monoisotopic (exact) mass is 228 g/mol. The van der Waals surface area contributed by atoms with Gasteiger partial charge >= 0.3 is 0 Å². The number of hydrogen-bond donors (Lipinski definition) is 1. The lowest BCUT2D eigenvalue weighted by atomic mass is 10.1. The minimum atomic E-state index is 0.715. The summed E-state index contributed by atoms with van der Waals surface area (Å²) in [5, 5.41) is 0. The molecule has 0 aliphatic carbocycles. The van der Waals surface area contributed by atoms with Gasteiger partial charge in [-0.15, -0.1) is 0 Å². The van der Waals surface area contributed by atoms with Crippen LogP contribution in [0.3, 0.4) is 0 Å². The first kappa shape index (κ1) is 11.5. The highest BCUT2D eigenvalue weighted by Crippen LogP contribution is 2.23. The van der Waals surface area contributed by atoms with Gasteiger partial charge in [0.1, 0.15) is 5.75 Å². The van der Waals surface area contributed by atoms with E-state index in [1.54, 1.807) is 6.20 Å². The van der Waals surface area contributed by atoms with E-state index >= 15 is 0 Å². The van der Waals surface area contributed by atoms with Gasteiger partial charge in [-0.3, -0.25) is 4.98 Å². The summed E-state index contributed by atoms with van der Waals surface area (Å²) in [7, 11) is 0. The molecule has 2 rings (SSSR count). The zero-order valence-electron chi connectivity index (χ0n) is 9.89. The lowest BCUT2D eigenvalue weighted by Crippen LogP contribution is -1.95. The minimum Gasteiger partial charge on any atom is -0.492 e. The molecule has 0 saturated heterocycles. The van der Waals surface area contributed by atoms with Gasteiger partial charge in [0.05, 0.1) is 12.8 Å². The lowest BCUT2D eigenvalue weighted by molar-refractivity contribution is 0.316. The van der Waals surface area contributed by atoms with Gasteiger partial charge in [0.2, 0.25) is 0 Å². The fourth-order valence-electron chi connectivity index (χ4n) is 1.55. The van der Waals surface area contributed by atoms with Crippen LogP contribution in [0.1, 0.15) is 13.3 Å². The second-order valence-electron chi connectivity index (χ2n) is 3.88. The Morgan fingerprint density at radius 1 is 1.12 bits per heavy atom. The molecule has 17 heavy (non-hydrogen) atoms. The highest BCUT2D eigenvalue weighted by molar-refractivity contribution is 5.65. The zero-order chi connectivity index (χ0) is 12.1. The van der Waals surface area contributed by atoms with Crippen molar-refractivity contribution in [1.29, 1.82) is 0 Å². The van der Waals surface area contributed by atoms with Crippen LogP contribution in [0.25, 0.3) is 11.1 Å². The van der Waals surface area contributed by atoms with E-state index in [0.29, 0.717) is 6.61 Å². The first-order chi connectivity index (χ1) is 8.29. The summed E-state index contributed by atoms with van der Waals surface area (Å²) in [5.74, 6) is 0.807. The van der Waals surface area contributed by atoms with E-state index < -0.39 is 0 Å². The normalized spacial score (nSPS) is 10.2. The first-order valence-electron chi connectivity index (χ1n) is 5.73. The Balaban J connectivity index is 2.23. The molecule has 0 radical (unpaired) electrons. The Kier molecular flexibility index (Phi) is 3.60. The van der Waals surface area contributed by atoms with Crippen LogP contribution >= 0.6 is 0 Å². The topological polar surface area (TPSA) is 48.1 Å². The molecule has 3 heteroatoms. The smallest absolute Gasteiger partial charge is 0.138 e. The van der Waals surface area contributed by atoms with Gasteiger partial charge in [-0.1, -0.05) is 19.1 Å². The van der Waals surface area contributed by atoms with Crippen molar-refractivity contribution in [1.82, 2.24) is 4.98 Å². The Labute approximate surface area is 101 Å². The molecule has 0 spiro atoms. The fourth-order valence-corrected chi connectivity index (χ4v) is 1.55. The number of hydrogen-bond acceptors (Lipinski definition) is 3. The van der Waals surface area contributed by atoms with Gasteiger partial charge in [-0.2, -0.15) is 0 Å². The molecule has 0 saturated carbocycles. The van der Waals surface area contributed by atoms with E-state index in [2.05, 4.69) is 11.9 Å². The number of nitrogens with zero attached hydrogens (tertiary/aromatic N) is 1. The van der Waals surface area contributed by atoms with Crippen molar-refractivity contribution < 1.29 is 4.74 Å². The Hall–Kier alpha value is -2.03. The van der Waals surface area contributed by atoms with Crippen LogP contribution in [-0.4, -0.2) is 11.6 Å². The predicted molar refractivity (Wildman–Crippen MR) is 69.9 cm³/mol. The molecule has 88 valence electrons. The molecule has 0 atom stereocenters. The SMILES string of the molecule is CCCOc1cncc(-c2ccc(N)cc2)c1. The van der Waals surface area contributed by atoms with Crippen molar-refractivity contribution in [3.05, 3.63) is 42.7 Å². The number of ether oxygens (including phenoxy) is 1. The van der Waals surface area contributed by atoms with Crippen molar-refractivity contribution in [3.63, 3.8) is 0 Å². The van der Waals surface area contributed by atoms with E-state index in [4.69, 9.17) is 10.5 Å². The van der Waals surface area contributed by atoms with E-state index in [0.717, 1.165) is 29.0 Å². The lowest BCUT2D eigenvalue weighted by Gasteiger charge is -2.06. The second kappa shape index (κ2) is 5.34. The standard InChI is InChI=1S/C14H16N2O/c1-2-7-17-14-8-12(9-16-10-14)11-3-5-13(15)6-4-11/h3-6,8-10H,2,7,15H2,1H3. The van der Waals surface area contributed by atoms with Crippen molar-refractivity contribution in [3.8, 4) is 16.9 Å². The second-order valence-corrected chi connectivity index (χ2v) is 3.88. The summed E-state index contributed by atoms with van der Waals surface area (Å²) in [6.45, 7) is 2.80. The molecule has 1 aromatic carbocycles. The third-order valence-electron chi connectivity index (χ3n) is 2.43. The van der Waals surface area contributed by atoms with Crippen LogP contribution in [0.2, 0.25) is 0 Å². The Morgan fingerprint density at radius 2 is 1.88 bits per heavy atom. The van der Waals surface area contributed by atoms with Gasteiger partial charge in [0.25, 0.3) is 0 Å². The molecule has 2 N–H and O–H groups in total. The van der Waals surface area contributed by atoms with Crippen LogP contribution in [0, 0.1) is 0 Å². The quantitative estimate of drug-likeness (QED) is 0.818. The predicted octanol–water partition coefficient (Wildman–Crippen LogP) is 3.12. The summed E-state index contributed by atoms with van der Waals surface area (Å²) >= 11 is 0. The molecule has 0 aliphatic rings. The number of benzene rings is 1. The summed E-state index contributed by atoms with van der Waals surface area (Å²) < 4.78 is 5.55. The number of aromatic nitrogens is 1. The van der Waals surface area contributed by atoms with Crippen LogP contribution in [0.4, 0.5) is 5.69 Å². The molecule has 0 unspecified atom stereocenters. The van der Waals surface area contributed by atoms with E-state index in [-0.39, 0.29) is 0 Å². The molecule has 2 aromatic rings. The van der Waals surface area contributed by atoms with Crippen molar-refractivity contribution in [2.45, 2.75) is 13.3 Å². The summed E-state index contributed by atoms with van der Waals surface area (Å²) in [6.07, 6.45) is 4.55. The van der Waals surface area contributed by atoms with E-state index in [1.807, 2.05) is 36.5 Å². The van der Waals surface area contributed by atoms with Gasteiger partial charge in [-0.05, 0) is 30.2 Å². The van der Waals surface area contributed by atoms with E-state index in [1.165, 1.54) is 0 Å². The molecule has 0 bridgehead atoms. The molecule has 1 heterocycles. The highest BCUT2D eigenvalue weighted by atomic mass is 16.5. The van der Waals surface area contributed by atoms with Gasteiger partial charge < -0.3 is 10.5 Å². The third kappa shape index (κ3) is 2.97. The summed E-state index contributed by atoms with van der Waals surface area (Å²) in [5.41, 5.74) is 8.56. The maximum Gasteiger partial charge on any atom is 0.138 e. The molecule has 0 fully saturated rings. The Morgan fingerprint density at radius 3 is 2.59 bits per heavy atom. The molecular formula is C14H16N2O. The first-order valence-corrected chi connectivity index (χ1v) is 5.73. The fraction of sp³-hybridized carbons (Fsp3) is 0.214. The highest BCUT2D eigenvalue weighted by Gasteiger charge is 2.00. The van der Waals surface area contributed by atoms with Crippen LogP contribution in [0.15, 0.2) is 42.7 Å². The number of pyridine rings is 1. The van der Waals surface area contributed by atoms with E-state index in [9.17, 15) is 0 Å². The van der Waals surface area contributed by atoms with Gasteiger partial charge in [0, 0.05) is 17.4 Å². The van der Waals surface area contributed by atoms with Crippen LogP contribution < -0.4 is 10.5 Å². The van der Waals surface area contributed by atoms with Crippen molar-refractivity contribution >= 4 is 5.69 Å². The average Bonchev–Trinajstić information content (AvgIpc) is 2.37. The Bertz CT molecular complexity index is 480. The summed E-state index contributed by atoms with van der Waals surface area (Å²) in [6, 6.07) is 9.73. The van der Waals surface area contributed by atoms with Crippen LogP contribution in [0.5, 0.6) is 5.75 Å². The number of rotatable bonds is 4. The number of anilines is 1. The molecule has 1 aromatic heterocycles. The summed E-state index contributed by atoms with van der Waals surface area (Å²) in [4.78, 5) is 4.18. The zero-order valence-corrected chi connectivity index (χ0v) is 9.89. The van der Waals surface area contributed by atoms with Crippen molar-refractivity contribution in [2.75, 3.05) is 12.3 Å². The third-order valence-corrected chi connectivity index (χ3v) is 2.43. The molecule has 3 nitrogen and oxygen atoms in total. The van der Waals surface area contributed by atoms with Gasteiger partial charge in [0.15, 0.2) is 0 Å². The minimum absolute atomic E-state index is 0.715. The number of nitrogens with two attached hydrogens (primary N) is 1. The maximum atomic E-state index is 5.66. The van der Waals surface area contributed by atoms with Gasteiger partial charge in [-0.25, -0.2) is 0 Å². The maximum absolute atomic E-state index is 5.66. The molecule has 0 amide bonds. The molecule has 0 aliphatic heterocycles.